The molecule has 0 unspecified atom stereocenters. The van der Waals surface area contributed by atoms with Crippen LogP contribution in [0.2, 0.25) is 5.02 Å². The molecular formula is C19H14ClN3O5. The van der Waals surface area contributed by atoms with Crippen LogP contribution < -0.4 is 10.6 Å². The van der Waals surface area contributed by atoms with Crippen molar-refractivity contribution in [1.29, 1.82) is 0 Å². The van der Waals surface area contributed by atoms with Gasteiger partial charge in [0.15, 0.2) is 12.4 Å². The predicted molar refractivity (Wildman–Crippen MR) is 101 cm³/mol. The zero-order valence-electron chi connectivity index (χ0n) is 14.3. The second kappa shape index (κ2) is 8.83. The fourth-order valence-electron chi connectivity index (χ4n) is 2.20. The Kier molecular flexibility index (Phi) is 6.03. The fraction of sp³-hybridized carbons (Fsp3) is 0.0526. The number of anilines is 2. The lowest BCUT2D eigenvalue weighted by molar-refractivity contribution is -0.119. The average Bonchev–Trinajstić information content (AvgIpc) is 3.23. The summed E-state index contributed by atoms with van der Waals surface area (Å²) >= 11 is 5.72. The van der Waals surface area contributed by atoms with Crippen molar-refractivity contribution < 1.29 is 23.5 Å². The Morgan fingerprint density at radius 2 is 1.86 bits per heavy atom. The molecule has 0 radical (unpaired) electrons. The van der Waals surface area contributed by atoms with E-state index in [0.29, 0.717) is 5.02 Å². The second-order valence-corrected chi connectivity index (χ2v) is 5.90. The van der Waals surface area contributed by atoms with Crippen molar-refractivity contribution in [2.45, 2.75) is 0 Å². The van der Waals surface area contributed by atoms with Gasteiger partial charge in [0.25, 0.3) is 11.8 Å². The van der Waals surface area contributed by atoms with E-state index >= 15 is 0 Å². The largest absolute Gasteiger partial charge is 0.459 e. The molecule has 0 saturated carbocycles. The smallest absolute Gasteiger partial charge is 0.340 e. The summed E-state index contributed by atoms with van der Waals surface area (Å²) in [6.07, 6.45) is 2.74. The summed E-state index contributed by atoms with van der Waals surface area (Å²) in [7, 11) is 0. The molecule has 2 heterocycles. The zero-order chi connectivity index (χ0) is 19.9. The first-order valence-electron chi connectivity index (χ1n) is 8.05. The molecule has 2 amide bonds. The number of aromatic nitrogens is 1. The van der Waals surface area contributed by atoms with Crippen LogP contribution in [-0.4, -0.2) is 29.4 Å². The molecule has 0 aliphatic carbocycles. The van der Waals surface area contributed by atoms with E-state index in [4.69, 9.17) is 20.8 Å². The summed E-state index contributed by atoms with van der Waals surface area (Å²) in [5.74, 6) is -1.48. The molecule has 8 nitrogen and oxygen atoms in total. The molecule has 0 bridgehead atoms. The van der Waals surface area contributed by atoms with Gasteiger partial charge < -0.3 is 19.8 Å². The van der Waals surface area contributed by atoms with Crippen molar-refractivity contribution in [3.05, 3.63) is 77.3 Å². The van der Waals surface area contributed by atoms with Gasteiger partial charge in [-0.1, -0.05) is 23.7 Å². The van der Waals surface area contributed by atoms with Gasteiger partial charge >= 0.3 is 5.97 Å². The van der Waals surface area contributed by atoms with Crippen LogP contribution in [0.15, 0.2) is 65.4 Å². The van der Waals surface area contributed by atoms with E-state index in [1.807, 2.05) is 0 Å². The monoisotopic (exact) mass is 399 g/mol. The second-order valence-electron chi connectivity index (χ2n) is 5.46. The van der Waals surface area contributed by atoms with Crippen molar-refractivity contribution in [2.75, 3.05) is 17.2 Å². The quantitative estimate of drug-likeness (QED) is 0.615. The van der Waals surface area contributed by atoms with Crippen molar-refractivity contribution in [2.24, 2.45) is 0 Å². The van der Waals surface area contributed by atoms with Gasteiger partial charge in [-0.15, -0.1) is 0 Å². The Bertz CT molecular complexity index is 987. The highest BCUT2D eigenvalue weighted by molar-refractivity contribution is 6.30. The van der Waals surface area contributed by atoms with Crippen LogP contribution in [0.1, 0.15) is 20.9 Å². The number of carbonyl (C=O) groups is 3. The van der Waals surface area contributed by atoms with E-state index < -0.39 is 24.4 Å². The predicted octanol–water partition coefficient (Wildman–Crippen LogP) is 3.38. The Balaban J connectivity index is 1.60. The highest BCUT2D eigenvalue weighted by Gasteiger charge is 2.17. The van der Waals surface area contributed by atoms with Gasteiger partial charge in [-0.05, 0) is 36.4 Å². The van der Waals surface area contributed by atoms with Crippen molar-refractivity contribution >= 4 is 40.9 Å². The lowest BCUT2D eigenvalue weighted by atomic mass is 10.1. The summed E-state index contributed by atoms with van der Waals surface area (Å²) in [4.78, 5) is 40.3. The summed E-state index contributed by atoms with van der Waals surface area (Å²) < 4.78 is 10.0. The molecule has 0 aliphatic rings. The SMILES string of the molecule is O=C(COC(=O)c1ccccc1NC(=O)c1ccco1)Nc1ccc(Cl)cn1. The highest BCUT2D eigenvalue weighted by Crippen LogP contribution is 2.18. The maximum Gasteiger partial charge on any atom is 0.340 e. The first-order valence-corrected chi connectivity index (χ1v) is 8.43. The lowest BCUT2D eigenvalue weighted by Crippen LogP contribution is -2.22. The van der Waals surface area contributed by atoms with Gasteiger partial charge in [0, 0.05) is 6.20 Å². The van der Waals surface area contributed by atoms with E-state index in [-0.39, 0.29) is 22.8 Å². The number of hydrogen-bond donors (Lipinski definition) is 2. The van der Waals surface area contributed by atoms with Gasteiger partial charge in [0.1, 0.15) is 5.82 Å². The number of benzene rings is 1. The summed E-state index contributed by atoms with van der Waals surface area (Å²) in [6, 6.07) is 12.4. The molecule has 2 N–H and O–H groups in total. The summed E-state index contributed by atoms with van der Waals surface area (Å²) in [5.41, 5.74) is 0.327. The number of hydrogen-bond acceptors (Lipinski definition) is 6. The maximum atomic E-state index is 12.3. The lowest BCUT2D eigenvalue weighted by Gasteiger charge is -2.10. The third-order valence-corrected chi connectivity index (χ3v) is 3.69. The Hall–Kier alpha value is -3.65. The van der Waals surface area contributed by atoms with E-state index in [1.54, 1.807) is 24.3 Å². The van der Waals surface area contributed by atoms with Crippen LogP contribution in [0.5, 0.6) is 0 Å². The number of para-hydroxylation sites is 1. The number of ether oxygens (including phenoxy) is 1. The van der Waals surface area contributed by atoms with Crippen LogP contribution in [-0.2, 0) is 9.53 Å². The molecule has 28 heavy (non-hydrogen) atoms. The van der Waals surface area contributed by atoms with Gasteiger partial charge in [-0.2, -0.15) is 0 Å². The normalized spacial score (nSPS) is 10.2. The Labute approximate surface area is 164 Å². The molecule has 0 spiro atoms. The van der Waals surface area contributed by atoms with Crippen LogP contribution >= 0.6 is 11.6 Å². The van der Waals surface area contributed by atoms with Crippen LogP contribution in [0.4, 0.5) is 11.5 Å². The minimum atomic E-state index is -0.769. The number of pyridine rings is 1. The zero-order valence-corrected chi connectivity index (χ0v) is 15.1. The van der Waals surface area contributed by atoms with Crippen molar-refractivity contribution in [1.82, 2.24) is 4.98 Å². The van der Waals surface area contributed by atoms with Gasteiger partial charge in [-0.3, -0.25) is 9.59 Å². The van der Waals surface area contributed by atoms with E-state index in [0.717, 1.165) is 0 Å². The van der Waals surface area contributed by atoms with E-state index in [2.05, 4.69) is 15.6 Å². The number of nitrogens with one attached hydrogen (secondary N) is 2. The molecule has 0 aliphatic heterocycles. The molecule has 2 aromatic heterocycles. The number of carbonyl (C=O) groups excluding carboxylic acids is 3. The Morgan fingerprint density at radius 3 is 2.57 bits per heavy atom. The molecular weight excluding hydrogens is 386 g/mol. The standard InChI is InChI=1S/C19H14ClN3O5/c20-12-7-8-16(21-10-12)23-17(24)11-28-19(26)13-4-1-2-5-14(13)22-18(25)15-6-3-9-27-15/h1-10H,11H2,(H,22,25)(H,21,23,24). The number of esters is 1. The first kappa shape index (κ1) is 19.1. The average molecular weight is 400 g/mol. The number of nitrogens with zero attached hydrogens (tertiary/aromatic N) is 1. The molecule has 1 aromatic carbocycles. The highest BCUT2D eigenvalue weighted by atomic mass is 35.5. The molecule has 0 saturated heterocycles. The third kappa shape index (κ3) is 4.95. The molecule has 0 atom stereocenters. The van der Waals surface area contributed by atoms with Crippen LogP contribution in [0, 0.1) is 0 Å². The van der Waals surface area contributed by atoms with Gasteiger partial charge in [0.2, 0.25) is 0 Å². The van der Waals surface area contributed by atoms with Crippen molar-refractivity contribution in [3.8, 4) is 0 Å². The molecule has 142 valence electrons. The Morgan fingerprint density at radius 1 is 1.04 bits per heavy atom. The topological polar surface area (TPSA) is 111 Å². The number of rotatable bonds is 6. The van der Waals surface area contributed by atoms with E-state index in [9.17, 15) is 14.4 Å². The summed E-state index contributed by atoms with van der Waals surface area (Å²) in [6.45, 7) is -0.524. The number of amides is 2. The van der Waals surface area contributed by atoms with Crippen LogP contribution in [0.25, 0.3) is 0 Å². The molecule has 3 rings (SSSR count). The molecule has 9 heteroatoms. The van der Waals surface area contributed by atoms with Gasteiger partial charge in [-0.25, -0.2) is 9.78 Å². The van der Waals surface area contributed by atoms with Crippen molar-refractivity contribution in [3.63, 3.8) is 0 Å². The molecule has 3 aromatic rings. The summed E-state index contributed by atoms with van der Waals surface area (Å²) in [5, 5.41) is 5.47. The fourth-order valence-corrected chi connectivity index (χ4v) is 2.31. The number of halogens is 1. The number of furan rings is 1. The minimum Gasteiger partial charge on any atom is -0.459 e. The van der Waals surface area contributed by atoms with Gasteiger partial charge in [0.05, 0.1) is 22.5 Å². The molecule has 0 fully saturated rings. The van der Waals surface area contributed by atoms with Crippen LogP contribution in [0.3, 0.4) is 0 Å². The minimum absolute atomic E-state index is 0.0954. The third-order valence-electron chi connectivity index (χ3n) is 3.47. The maximum absolute atomic E-state index is 12.3. The van der Waals surface area contributed by atoms with E-state index in [1.165, 1.54) is 36.7 Å². The first-order chi connectivity index (χ1) is 13.5.